The van der Waals surface area contributed by atoms with Gasteiger partial charge in [-0.25, -0.2) is 0 Å². The number of carbonyl (C=O) groups excluding carboxylic acids is 1. The summed E-state index contributed by atoms with van der Waals surface area (Å²) in [5.41, 5.74) is 6.61. The van der Waals surface area contributed by atoms with Crippen LogP contribution in [0.15, 0.2) is 41.1 Å². The molecule has 2 N–H and O–H groups in total. The largest absolute Gasteiger partial charge is 0.456 e. The number of ether oxygens (including phenoxy) is 1. The van der Waals surface area contributed by atoms with Crippen molar-refractivity contribution < 1.29 is 9.53 Å². The maximum Gasteiger partial charge on any atom is 0.162 e. The van der Waals surface area contributed by atoms with Crippen LogP contribution in [-0.2, 0) is 0 Å². The monoisotopic (exact) mass is 306 g/mol. The lowest BCUT2D eigenvalue weighted by atomic mass is 10.1. The molecule has 0 radical (unpaired) electrons. The van der Waals surface area contributed by atoms with Crippen LogP contribution in [0.25, 0.3) is 0 Å². The Balaban J connectivity index is 2.30. The molecule has 0 saturated carbocycles. The van der Waals surface area contributed by atoms with Gasteiger partial charge in [0.15, 0.2) is 5.78 Å². The van der Waals surface area contributed by atoms with E-state index in [0.29, 0.717) is 22.7 Å². The molecule has 0 amide bonds. The van der Waals surface area contributed by atoms with Crippen molar-refractivity contribution in [1.82, 2.24) is 4.98 Å². The highest BCUT2D eigenvalue weighted by Crippen LogP contribution is 2.26. The molecule has 0 aliphatic rings. The molecule has 0 saturated heterocycles. The number of aromatic nitrogens is 1. The first kappa shape index (κ1) is 12.6. The first-order chi connectivity index (χ1) is 8.56. The predicted octanol–water partition coefficient (Wildman–Crippen LogP) is 3.42. The normalized spacial score (nSPS) is 10.1. The summed E-state index contributed by atoms with van der Waals surface area (Å²) in [4.78, 5) is 15.4. The Morgan fingerprint density at radius 1 is 1.28 bits per heavy atom. The Hall–Kier alpha value is -1.88. The lowest BCUT2D eigenvalue weighted by molar-refractivity contribution is 0.101. The molecule has 0 aliphatic heterocycles. The smallest absolute Gasteiger partial charge is 0.162 e. The Bertz CT molecular complexity index is 599. The molecule has 1 aromatic heterocycles. The van der Waals surface area contributed by atoms with E-state index in [-0.39, 0.29) is 5.78 Å². The van der Waals surface area contributed by atoms with Gasteiger partial charge in [0.2, 0.25) is 0 Å². The summed E-state index contributed by atoms with van der Waals surface area (Å²) >= 11 is 3.31. The van der Waals surface area contributed by atoms with E-state index in [9.17, 15) is 4.79 Å². The van der Waals surface area contributed by atoms with E-state index in [4.69, 9.17) is 10.5 Å². The van der Waals surface area contributed by atoms with Crippen molar-refractivity contribution in [2.24, 2.45) is 0 Å². The molecule has 18 heavy (non-hydrogen) atoms. The van der Waals surface area contributed by atoms with Gasteiger partial charge in [0, 0.05) is 21.9 Å². The lowest BCUT2D eigenvalue weighted by Crippen LogP contribution is -1.99. The zero-order valence-electron chi connectivity index (χ0n) is 9.68. The van der Waals surface area contributed by atoms with Crippen LogP contribution in [0.3, 0.4) is 0 Å². The van der Waals surface area contributed by atoms with Crippen molar-refractivity contribution >= 4 is 27.4 Å². The van der Waals surface area contributed by atoms with Crippen LogP contribution in [0.2, 0.25) is 0 Å². The van der Waals surface area contributed by atoms with Gasteiger partial charge in [-0.05, 0) is 47.1 Å². The standard InChI is InChI=1S/C13H11BrN2O2/c1-8(17)12-5-10(2-3-13(12)15)18-11-4-9(14)6-16-7-11/h2-7H,15H2,1H3. The second kappa shape index (κ2) is 5.18. The van der Waals surface area contributed by atoms with Crippen LogP contribution in [0, 0.1) is 0 Å². The topological polar surface area (TPSA) is 65.2 Å². The average molecular weight is 307 g/mol. The van der Waals surface area contributed by atoms with Crippen molar-refractivity contribution in [3.63, 3.8) is 0 Å². The molecule has 5 heteroatoms. The Labute approximate surface area is 113 Å². The fraction of sp³-hybridized carbons (Fsp3) is 0.0769. The van der Waals surface area contributed by atoms with E-state index in [0.717, 1.165) is 4.47 Å². The molecule has 0 atom stereocenters. The van der Waals surface area contributed by atoms with Crippen LogP contribution in [0.5, 0.6) is 11.5 Å². The second-order valence-electron chi connectivity index (χ2n) is 3.75. The number of rotatable bonds is 3. The second-order valence-corrected chi connectivity index (χ2v) is 4.66. The number of ketones is 1. The number of carbonyl (C=O) groups is 1. The maximum atomic E-state index is 11.4. The molecule has 0 fully saturated rings. The molecule has 0 spiro atoms. The maximum absolute atomic E-state index is 11.4. The van der Waals surface area contributed by atoms with Gasteiger partial charge in [-0.2, -0.15) is 0 Å². The summed E-state index contributed by atoms with van der Waals surface area (Å²) in [6.45, 7) is 1.47. The van der Waals surface area contributed by atoms with Gasteiger partial charge in [-0.1, -0.05) is 0 Å². The first-order valence-corrected chi connectivity index (χ1v) is 6.04. The third-order valence-electron chi connectivity index (χ3n) is 2.32. The minimum absolute atomic E-state index is 0.0923. The summed E-state index contributed by atoms with van der Waals surface area (Å²) in [6, 6.07) is 6.77. The van der Waals surface area contributed by atoms with E-state index >= 15 is 0 Å². The van der Waals surface area contributed by atoms with Gasteiger partial charge in [0.05, 0.1) is 6.20 Å². The number of nitrogens with zero attached hydrogens (tertiary/aromatic N) is 1. The Morgan fingerprint density at radius 3 is 2.72 bits per heavy atom. The summed E-state index contributed by atoms with van der Waals surface area (Å²) in [5.74, 6) is 1.04. The van der Waals surface area contributed by atoms with Crippen LogP contribution in [0.4, 0.5) is 5.69 Å². The van der Waals surface area contributed by atoms with Crippen LogP contribution in [-0.4, -0.2) is 10.8 Å². The molecule has 2 aromatic rings. The van der Waals surface area contributed by atoms with Crippen molar-refractivity contribution in [1.29, 1.82) is 0 Å². The van der Waals surface area contributed by atoms with Gasteiger partial charge in [0.25, 0.3) is 0 Å². The highest BCUT2D eigenvalue weighted by molar-refractivity contribution is 9.10. The van der Waals surface area contributed by atoms with Gasteiger partial charge < -0.3 is 10.5 Å². The third kappa shape index (κ3) is 2.87. The van der Waals surface area contributed by atoms with E-state index in [1.165, 1.54) is 6.92 Å². The minimum atomic E-state index is -0.0923. The Morgan fingerprint density at radius 2 is 2.06 bits per heavy atom. The fourth-order valence-corrected chi connectivity index (χ4v) is 1.83. The van der Waals surface area contributed by atoms with Crippen molar-refractivity contribution in [2.75, 3.05) is 5.73 Å². The highest BCUT2D eigenvalue weighted by Gasteiger charge is 2.07. The van der Waals surface area contributed by atoms with Crippen molar-refractivity contribution in [3.8, 4) is 11.5 Å². The van der Waals surface area contributed by atoms with E-state index in [2.05, 4.69) is 20.9 Å². The molecule has 0 aliphatic carbocycles. The fourth-order valence-electron chi connectivity index (χ4n) is 1.49. The molecular weight excluding hydrogens is 296 g/mol. The number of nitrogen functional groups attached to an aromatic ring is 1. The zero-order chi connectivity index (χ0) is 13.1. The molecule has 4 nitrogen and oxygen atoms in total. The molecule has 1 aromatic carbocycles. The van der Waals surface area contributed by atoms with Crippen LogP contribution >= 0.6 is 15.9 Å². The molecule has 1 heterocycles. The molecule has 2 rings (SSSR count). The van der Waals surface area contributed by atoms with Crippen molar-refractivity contribution in [2.45, 2.75) is 6.92 Å². The predicted molar refractivity (Wildman–Crippen MR) is 72.9 cm³/mol. The van der Waals surface area contributed by atoms with Gasteiger partial charge >= 0.3 is 0 Å². The summed E-state index contributed by atoms with van der Waals surface area (Å²) in [5, 5.41) is 0. The van der Waals surface area contributed by atoms with Crippen molar-refractivity contribution in [3.05, 3.63) is 46.7 Å². The summed E-state index contributed by atoms with van der Waals surface area (Å²) in [6.07, 6.45) is 3.26. The van der Waals surface area contributed by atoms with Gasteiger partial charge in [0.1, 0.15) is 11.5 Å². The molecule has 0 bridgehead atoms. The van der Waals surface area contributed by atoms with Gasteiger partial charge in [-0.3, -0.25) is 9.78 Å². The number of nitrogens with two attached hydrogens (primary N) is 1. The lowest BCUT2D eigenvalue weighted by Gasteiger charge is -2.08. The molecule has 92 valence electrons. The number of anilines is 1. The zero-order valence-corrected chi connectivity index (χ0v) is 11.3. The summed E-state index contributed by atoms with van der Waals surface area (Å²) < 4.78 is 6.43. The number of halogens is 1. The third-order valence-corrected chi connectivity index (χ3v) is 2.75. The summed E-state index contributed by atoms with van der Waals surface area (Å²) in [7, 11) is 0. The number of hydrogen-bond donors (Lipinski definition) is 1. The highest BCUT2D eigenvalue weighted by atomic mass is 79.9. The van der Waals surface area contributed by atoms with Crippen LogP contribution < -0.4 is 10.5 Å². The Kier molecular flexibility index (Phi) is 3.62. The SMILES string of the molecule is CC(=O)c1cc(Oc2cncc(Br)c2)ccc1N. The molecule has 0 unspecified atom stereocenters. The van der Waals surface area contributed by atoms with E-state index < -0.39 is 0 Å². The quantitative estimate of drug-likeness (QED) is 0.697. The molecular formula is C13H11BrN2O2. The van der Waals surface area contributed by atoms with E-state index in [1.54, 1.807) is 36.7 Å². The number of Topliss-reactive ketones (excluding diaryl/α,β-unsaturated/α-hetero) is 1. The minimum Gasteiger partial charge on any atom is -0.456 e. The first-order valence-electron chi connectivity index (χ1n) is 5.25. The van der Waals surface area contributed by atoms with Crippen LogP contribution in [0.1, 0.15) is 17.3 Å². The average Bonchev–Trinajstić information content (AvgIpc) is 2.31. The number of pyridine rings is 1. The number of benzene rings is 1. The van der Waals surface area contributed by atoms with Gasteiger partial charge in [-0.15, -0.1) is 0 Å². The van der Waals surface area contributed by atoms with E-state index in [1.807, 2.05) is 0 Å². The number of hydrogen-bond acceptors (Lipinski definition) is 4.